The van der Waals surface area contributed by atoms with Crippen molar-refractivity contribution in [2.75, 3.05) is 11.9 Å². The Kier molecular flexibility index (Phi) is 8.31. The fourth-order valence-corrected chi connectivity index (χ4v) is 5.58. The third-order valence-electron chi connectivity index (χ3n) is 8.17. The van der Waals surface area contributed by atoms with E-state index in [1.165, 1.54) is 55.9 Å². The molecule has 4 aromatic rings. The van der Waals surface area contributed by atoms with Gasteiger partial charge in [-0.3, -0.25) is 0 Å². The molecular formula is C39H39N. The van der Waals surface area contributed by atoms with Crippen molar-refractivity contribution in [1.29, 1.82) is 0 Å². The number of anilines is 2. The van der Waals surface area contributed by atoms with E-state index >= 15 is 0 Å². The fraction of sp³-hybridized carbons (Fsp3) is 0.179. The average molecular weight is 522 g/mol. The summed E-state index contributed by atoms with van der Waals surface area (Å²) in [6.07, 6.45) is 8.95. The Morgan fingerprint density at radius 2 is 1.55 bits per heavy atom. The summed E-state index contributed by atoms with van der Waals surface area (Å²) in [5.74, 6) is 0.443. The van der Waals surface area contributed by atoms with Crippen LogP contribution in [-0.4, -0.2) is 7.05 Å². The number of hydrogen-bond donors (Lipinski definition) is 0. The van der Waals surface area contributed by atoms with Crippen molar-refractivity contribution in [3.8, 4) is 11.1 Å². The first kappa shape index (κ1) is 27.2. The van der Waals surface area contributed by atoms with Crippen molar-refractivity contribution in [3.63, 3.8) is 0 Å². The maximum atomic E-state index is 4.51. The van der Waals surface area contributed by atoms with E-state index in [4.69, 9.17) is 0 Å². The molecule has 40 heavy (non-hydrogen) atoms. The van der Waals surface area contributed by atoms with Crippen LogP contribution in [0.25, 0.3) is 22.3 Å². The van der Waals surface area contributed by atoms with E-state index in [9.17, 15) is 0 Å². The normalized spacial score (nSPS) is 13.9. The van der Waals surface area contributed by atoms with E-state index < -0.39 is 0 Å². The minimum atomic E-state index is 0.443. The van der Waals surface area contributed by atoms with Gasteiger partial charge in [0.15, 0.2) is 0 Å². The van der Waals surface area contributed by atoms with Gasteiger partial charge in [-0.25, -0.2) is 0 Å². The molecule has 0 aromatic heterocycles. The average Bonchev–Trinajstić information content (AvgIpc) is 3.50. The zero-order chi connectivity index (χ0) is 28.1. The molecule has 1 unspecified atom stereocenters. The second kappa shape index (κ2) is 12.2. The topological polar surface area (TPSA) is 3.24 Å². The van der Waals surface area contributed by atoms with Crippen LogP contribution in [0.5, 0.6) is 0 Å². The second-order valence-electron chi connectivity index (χ2n) is 10.9. The monoisotopic (exact) mass is 521 g/mol. The molecule has 200 valence electrons. The largest absolute Gasteiger partial charge is 0.344 e. The summed E-state index contributed by atoms with van der Waals surface area (Å²) >= 11 is 0. The number of nitrogens with zero attached hydrogens (tertiary/aromatic N) is 1. The molecule has 5 rings (SSSR count). The molecule has 0 saturated carbocycles. The first-order valence-electron chi connectivity index (χ1n) is 14.2. The van der Waals surface area contributed by atoms with Crippen molar-refractivity contribution in [3.05, 3.63) is 156 Å². The lowest BCUT2D eigenvalue weighted by Crippen LogP contribution is -2.10. The van der Waals surface area contributed by atoms with Gasteiger partial charge in [0.25, 0.3) is 0 Å². The molecule has 1 aliphatic rings. The molecule has 0 aliphatic heterocycles. The third kappa shape index (κ3) is 5.95. The van der Waals surface area contributed by atoms with Crippen LogP contribution in [0.4, 0.5) is 11.4 Å². The highest BCUT2D eigenvalue weighted by molar-refractivity contribution is 5.83. The minimum Gasteiger partial charge on any atom is -0.344 e. The molecule has 1 aliphatic carbocycles. The van der Waals surface area contributed by atoms with Gasteiger partial charge in [0, 0.05) is 18.4 Å². The van der Waals surface area contributed by atoms with Gasteiger partial charge >= 0.3 is 0 Å². The number of benzene rings is 4. The van der Waals surface area contributed by atoms with Gasteiger partial charge in [-0.05, 0) is 95.3 Å². The Morgan fingerprint density at radius 3 is 2.30 bits per heavy atom. The molecule has 0 N–H and O–H groups in total. The lowest BCUT2D eigenvalue weighted by atomic mass is 9.88. The fourth-order valence-electron chi connectivity index (χ4n) is 5.58. The molecular weight excluding hydrogens is 482 g/mol. The van der Waals surface area contributed by atoms with Crippen LogP contribution in [0.2, 0.25) is 0 Å². The molecule has 0 radical (unpaired) electrons. The Labute approximate surface area is 240 Å². The van der Waals surface area contributed by atoms with Crippen LogP contribution in [0, 0.1) is 12.8 Å². The molecule has 1 nitrogen and oxygen atoms in total. The first-order valence-corrected chi connectivity index (χ1v) is 14.2. The molecule has 0 amide bonds. The molecule has 0 saturated heterocycles. The molecule has 0 bridgehead atoms. The van der Waals surface area contributed by atoms with Crippen molar-refractivity contribution < 1.29 is 0 Å². The Balaban J connectivity index is 1.30. The summed E-state index contributed by atoms with van der Waals surface area (Å²) in [5, 5.41) is 0. The van der Waals surface area contributed by atoms with Crippen molar-refractivity contribution >= 4 is 22.5 Å². The van der Waals surface area contributed by atoms with E-state index in [2.05, 4.69) is 161 Å². The number of rotatable bonds is 9. The first-order chi connectivity index (χ1) is 19.4. The summed E-state index contributed by atoms with van der Waals surface area (Å²) in [6, 6.07) is 36.7. The number of aryl methyl sites for hydroxylation is 1. The van der Waals surface area contributed by atoms with Gasteiger partial charge in [-0.15, -0.1) is 0 Å². The lowest BCUT2D eigenvalue weighted by Gasteiger charge is -2.22. The lowest BCUT2D eigenvalue weighted by molar-refractivity contribution is 0.680. The molecule has 1 heteroatoms. The molecule has 4 aromatic carbocycles. The standard InChI is InChI=1S/C39H39N/c1-28(35-16-11-17-36(27-35)40(5)39-20-10-9-13-30(39)3)21-22-29(2)37-18-12-19-38(37)31(4)32-23-25-34(26-24-32)33-14-7-6-8-15-33/h6-17,19-21,23-27,29H,4,18,22H2,1-3,5H3/b28-21+. The van der Waals surface area contributed by atoms with Crippen LogP contribution in [0.15, 0.2) is 139 Å². The van der Waals surface area contributed by atoms with Crippen molar-refractivity contribution in [2.24, 2.45) is 5.92 Å². The number of allylic oxidation sites excluding steroid dienone is 7. The van der Waals surface area contributed by atoms with Crippen LogP contribution < -0.4 is 4.90 Å². The zero-order valence-electron chi connectivity index (χ0n) is 24.2. The summed E-state index contributed by atoms with van der Waals surface area (Å²) in [4.78, 5) is 2.27. The smallest absolute Gasteiger partial charge is 0.0437 e. The van der Waals surface area contributed by atoms with Gasteiger partial charge in [-0.2, -0.15) is 0 Å². The van der Waals surface area contributed by atoms with E-state index in [1.54, 1.807) is 0 Å². The highest BCUT2D eigenvalue weighted by Gasteiger charge is 2.18. The van der Waals surface area contributed by atoms with Crippen molar-refractivity contribution in [1.82, 2.24) is 0 Å². The van der Waals surface area contributed by atoms with Gasteiger partial charge < -0.3 is 4.90 Å². The Bertz CT molecular complexity index is 1580. The van der Waals surface area contributed by atoms with Crippen LogP contribution >= 0.6 is 0 Å². The van der Waals surface area contributed by atoms with E-state index in [-0.39, 0.29) is 0 Å². The molecule has 0 fully saturated rings. The minimum absolute atomic E-state index is 0.443. The Hall–Kier alpha value is -4.36. The quantitative estimate of drug-likeness (QED) is 0.212. The SMILES string of the molecule is C=C(C1=C(C(C)C/C=C(\C)c2cccc(N(C)c3ccccc3C)c2)CC=C1)c1ccc(-c2ccccc2)cc1. The van der Waals surface area contributed by atoms with Crippen LogP contribution in [0.3, 0.4) is 0 Å². The van der Waals surface area contributed by atoms with Gasteiger partial charge in [0.05, 0.1) is 0 Å². The predicted octanol–water partition coefficient (Wildman–Crippen LogP) is 10.8. The van der Waals surface area contributed by atoms with E-state index in [0.29, 0.717) is 5.92 Å². The molecule has 0 heterocycles. The van der Waals surface area contributed by atoms with Gasteiger partial charge in [0.2, 0.25) is 0 Å². The van der Waals surface area contributed by atoms with E-state index in [1.807, 2.05) is 0 Å². The highest BCUT2D eigenvalue weighted by atomic mass is 15.1. The zero-order valence-corrected chi connectivity index (χ0v) is 24.2. The van der Waals surface area contributed by atoms with Gasteiger partial charge in [0.1, 0.15) is 0 Å². The third-order valence-corrected chi connectivity index (χ3v) is 8.17. The summed E-state index contributed by atoms with van der Waals surface area (Å²) in [6.45, 7) is 11.3. The molecule has 1 atom stereocenters. The predicted molar refractivity (Wildman–Crippen MR) is 175 cm³/mol. The molecule has 0 spiro atoms. The maximum absolute atomic E-state index is 4.51. The summed E-state index contributed by atoms with van der Waals surface area (Å²) in [7, 11) is 2.14. The second-order valence-corrected chi connectivity index (χ2v) is 10.9. The van der Waals surface area contributed by atoms with Crippen molar-refractivity contribution in [2.45, 2.75) is 33.6 Å². The summed E-state index contributed by atoms with van der Waals surface area (Å²) < 4.78 is 0. The highest BCUT2D eigenvalue weighted by Crippen LogP contribution is 2.37. The number of hydrogen-bond acceptors (Lipinski definition) is 1. The van der Waals surface area contributed by atoms with Gasteiger partial charge in [-0.1, -0.05) is 122 Å². The maximum Gasteiger partial charge on any atom is 0.0437 e. The van der Waals surface area contributed by atoms with Crippen LogP contribution in [0.1, 0.15) is 43.4 Å². The number of para-hydroxylation sites is 1. The summed E-state index contributed by atoms with van der Waals surface area (Å²) in [5.41, 5.74) is 13.9. The Morgan fingerprint density at radius 1 is 0.850 bits per heavy atom. The van der Waals surface area contributed by atoms with Crippen LogP contribution in [-0.2, 0) is 0 Å². The van der Waals surface area contributed by atoms with E-state index in [0.717, 1.165) is 18.4 Å².